The number of carboxylic acid groups (broad SMARTS) is 1. The molecule has 0 amide bonds. The Hall–Kier alpha value is -4.13. The van der Waals surface area contributed by atoms with Crippen LogP contribution in [-0.4, -0.2) is 81.4 Å². The van der Waals surface area contributed by atoms with Gasteiger partial charge in [-0.2, -0.15) is 0 Å². The van der Waals surface area contributed by atoms with E-state index in [1.54, 1.807) is 19.1 Å². The number of carboxylic acids is 1. The summed E-state index contributed by atoms with van der Waals surface area (Å²) in [5.41, 5.74) is -1.08. The van der Waals surface area contributed by atoms with Gasteiger partial charge in [0.25, 0.3) is 5.56 Å². The van der Waals surface area contributed by atoms with Crippen molar-refractivity contribution in [2.45, 2.75) is 38.8 Å². The van der Waals surface area contributed by atoms with Crippen molar-refractivity contribution in [2.24, 2.45) is 7.05 Å². The molecule has 0 spiro atoms. The number of aliphatic carboxylic acids is 1. The van der Waals surface area contributed by atoms with E-state index in [1.165, 1.54) is 37.5 Å². The maximum absolute atomic E-state index is 13.9. The summed E-state index contributed by atoms with van der Waals surface area (Å²) in [4.78, 5) is 59.2. The number of hydrogen-bond donors (Lipinski definition) is 1. The van der Waals surface area contributed by atoms with Gasteiger partial charge in [-0.15, -0.1) is 0 Å². The lowest BCUT2D eigenvalue weighted by molar-refractivity contribution is -0.137. The molecule has 13 nitrogen and oxygen atoms in total. The summed E-state index contributed by atoms with van der Waals surface area (Å²) in [6, 6.07) is 2.28. The number of nitrogens with zero attached hydrogens (tertiary/aromatic N) is 5. The molecule has 1 unspecified atom stereocenters. The van der Waals surface area contributed by atoms with E-state index in [0.29, 0.717) is 5.75 Å². The van der Waals surface area contributed by atoms with E-state index in [4.69, 9.17) is 14.2 Å². The Labute approximate surface area is 224 Å². The first-order valence-corrected chi connectivity index (χ1v) is 12.6. The largest absolute Gasteiger partial charge is 0.496 e. The molecule has 0 aliphatic carbocycles. The third-order valence-corrected chi connectivity index (χ3v) is 7.11. The number of ether oxygens (including phenoxy) is 3. The van der Waals surface area contributed by atoms with Crippen LogP contribution in [-0.2, 0) is 18.4 Å². The van der Waals surface area contributed by atoms with Crippen molar-refractivity contribution in [2.75, 3.05) is 41.0 Å². The minimum absolute atomic E-state index is 0.00419. The predicted molar refractivity (Wildman–Crippen MR) is 141 cm³/mol. The Bertz CT molecular complexity index is 1500. The van der Waals surface area contributed by atoms with Gasteiger partial charge in [0.1, 0.15) is 35.2 Å². The number of carbonyl (C=O) groups excluding carboxylic acids is 1. The molecule has 0 radical (unpaired) electrons. The minimum atomic E-state index is -1.15. The molecule has 1 fully saturated rings. The van der Waals surface area contributed by atoms with Crippen LogP contribution < -0.4 is 25.5 Å². The molecule has 3 aromatic rings. The van der Waals surface area contributed by atoms with Gasteiger partial charge >= 0.3 is 11.7 Å². The van der Waals surface area contributed by atoms with Crippen molar-refractivity contribution < 1.29 is 28.9 Å². The topological polar surface area (TPSA) is 147 Å². The van der Waals surface area contributed by atoms with Crippen LogP contribution in [0.3, 0.4) is 0 Å². The first-order chi connectivity index (χ1) is 18.6. The number of aromatic nitrogens is 4. The molecule has 4 rings (SSSR count). The molecule has 2 aromatic heterocycles. The van der Waals surface area contributed by atoms with E-state index >= 15 is 0 Å². The number of benzene rings is 1. The smallest absolute Gasteiger partial charge is 0.332 e. The van der Waals surface area contributed by atoms with E-state index in [1.807, 2.05) is 0 Å². The summed E-state index contributed by atoms with van der Waals surface area (Å²) >= 11 is 0. The Morgan fingerprint density at radius 1 is 1.05 bits per heavy atom. The number of likely N-dealkylation sites (tertiary alicyclic amines) is 1. The highest BCUT2D eigenvalue weighted by molar-refractivity contribution is 6.02. The van der Waals surface area contributed by atoms with Crippen molar-refractivity contribution in [3.05, 3.63) is 44.4 Å². The third kappa shape index (κ3) is 5.26. The second-order valence-corrected chi connectivity index (χ2v) is 9.52. The molecule has 39 heavy (non-hydrogen) atoms. The van der Waals surface area contributed by atoms with E-state index in [0.717, 1.165) is 30.5 Å². The number of carbonyl (C=O) groups is 2. The lowest BCUT2D eigenvalue weighted by atomic mass is 10.0. The molecule has 13 heteroatoms. The SMILES string of the molecule is COc1cc(OC)c(C(=O)CC(CN2CCCC2)n2c(=O)c3c(nc(C)n3CC(=O)O)n(C)c2=O)c(OC)c1. The molecule has 3 heterocycles. The molecule has 1 saturated heterocycles. The van der Waals surface area contributed by atoms with E-state index in [2.05, 4.69) is 9.88 Å². The fraction of sp³-hybridized carbons (Fsp3) is 0.500. The maximum atomic E-state index is 13.9. The van der Waals surface area contributed by atoms with E-state index in [9.17, 15) is 24.3 Å². The van der Waals surface area contributed by atoms with Crippen molar-refractivity contribution >= 4 is 22.9 Å². The van der Waals surface area contributed by atoms with Crippen LogP contribution >= 0.6 is 0 Å². The Kier molecular flexibility index (Phi) is 8.09. The van der Waals surface area contributed by atoms with Gasteiger partial charge < -0.3 is 28.8 Å². The number of methoxy groups -OCH3 is 3. The molecule has 1 aromatic carbocycles. The maximum Gasteiger partial charge on any atom is 0.332 e. The zero-order valence-corrected chi connectivity index (χ0v) is 22.7. The van der Waals surface area contributed by atoms with E-state index in [-0.39, 0.29) is 52.8 Å². The summed E-state index contributed by atoms with van der Waals surface area (Å²) in [7, 11) is 5.80. The standard InChI is InChI=1S/C26H33N5O8/c1-15-27-24-23(30(15)14-21(33)34)25(35)31(26(36)28(24)2)16(13-29-8-6-7-9-29)10-18(32)22-19(38-4)11-17(37-3)12-20(22)39-5/h11-12,16H,6-10,13-14H2,1-5H3,(H,33,34). The number of hydrogen-bond acceptors (Lipinski definition) is 9. The van der Waals surface area contributed by atoms with Crippen LogP contribution in [0.1, 0.15) is 41.5 Å². The van der Waals surface area contributed by atoms with Gasteiger partial charge in [0.15, 0.2) is 16.9 Å². The third-order valence-electron chi connectivity index (χ3n) is 7.11. The first-order valence-electron chi connectivity index (χ1n) is 12.6. The molecule has 1 N–H and O–H groups in total. The van der Waals surface area contributed by atoms with Crippen molar-refractivity contribution in [3.8, 4) is 17.2 Å². The zero-order valence-electron chi connectivity index (χ0n) is 22.7. The highest BCUT2D eigenvalue weighted by Crippen LogP contribution is 2.36. The predicted octanol–water partition coefficient (Wildman–Crippen LogP) is 1.23. The van der Waals surface area contributed by atoms with Gasteiger partial charge in [0.2, 0.25) is 0 Å². The number of ketones is 1. The van der Waals surface area contributed by atoms with Crippen LogP contribution in [0.25, 0.3) is 11.2 Å². The van der Waals surface area contributed by atoms with Crippen LogP contribution in [0.15, 0.2) is 21.7 Å². The summed E-state index contributed by atoms with van der Waals surface area (Å²) in [5.74, 6) is -0.341. The summed E-state index contributed by atoms with van der Waals surface area (Å²) < 4.78 is 19.8. The second-order valence-electron chi connectivity index (χ2n) is 9.52. The quantitative estimate of drug-likeness (QED) is 0.350. The van der Waals surface area contributed by atoms with Gasteiger partial charge in [-0.1, -0.05) is 0 Å². The van der Waals surface area contributed by atoms with Gasteiger partial charge in [-0.05, 0) is 32.9 Å². The summed E-state index contributed by atoms with van der Waals surface area (Å²) in [6.07, 6.45) is 1.73. The minimum Gasteiger partial charge on any atom is -0.496 e. The van der Waals surface area contributed by atoms with Crippen molar-refractivity contribution in [3.63, 3.8) is 0 Å². The number of aryl methyl sites for hydroxylation is 2. The number of imidazole rings is 1. The van der Waals surface area contributed by atoms with Crippen LogP contribution in [0, 0.1) is 6.92 Å². The molecule has 1 aliphatic rings. The molecule has 210 valence electrons. The Morgan fingerprint density at radius 2 is 1.67 bits per heavy atom. The highest BCUT2D eigenvalue weighted by Gasteiger charge is 2.30. The fourth-order valence-electron chi connectivity index (χ4n) is 5.20. The number of fused-ring (bicyclic) bond motifs is 1. The van der Waals surface area contributed by atoms with Crippen LogP contribution in [0.5, 0.6) is 17.2 Å². The zero-order chi connectivity index (χ0) is 28.4. The molecular formula is C26H33N5O8. The summed E-state index contributed by atoms with van der Waals surface area (Å²) in [5, 5.41) is 9.42. The van der Waals surface area contributed by atoms with Crippen molar-refractivity contribution in [1.29, 1.82) is 0 Å². The number of rotatable bonds is 11. The Morgan fingerprint density at radius 3 is 2.21 bits per heavy atom. The molecular weight excluding hydrogens is 510 g/mol. The first kappa shape index (κ1) is 27.9. The molecule has 0 bridgehead atoms. The van der Waals surface area contributed by atoms with Crippen LogP contribution in [0.4, 0.5) is 0 Å². The molecule has 0 saturated carbocycles. The highest BCUT2D eigenvalue weighted by atomic mass is 16.5. The lowest BCUT2D eigenvalue weighted by Gasteiger charge is -2.25. The molecule has 1 aliphatic heterocycles. The van der Waals surface area contributed by atoms with Gasteiger partial charge in [0, 0.05) is 32.1 Å². The van der Waals surface area contributed by atoms with E-state index < -0.39 is 29.8 Å². The fourth-order valence-corrected chi connectivity index (χ4v) is 5.20. The number of Topliss-reactive ketones (excluding diaryl/α,β-unsaturated/α-hetero) is 1. The van der Waals surface area contributed by atoms with Crippen molar-refractivity contribution in [1.82, 2.24) is 23.6 Å². The average Bonchev–Trinajstić information content (AvgIpc) is 3.53. The second kappa shape index (κ2) is 11.3. The summed E-state index contributed by atoms with van der Waals surface area (Å²) in [6.45, 7) is 2.90. The molecule has 1 atom stereocenters. The Balaban J connectivity index is 1.88. The lowest BCUT2D eigenvalue weighted by Crippen LogP contribution is -2.45. The van der Waals surface area contributed by atoms with Gasteiger partial charge in [-0.3, -0.25) is 23.5 Å². The normalized spacial score (nSPS) is 14.5. The van der Waals surface area contributed by atoms with Crippen LogP contribution in [0.2, 0.25) is 0 Å². The average molecular weight is 544 g/mol. The monoisotopic (exact) mass is 543 g/mol. The van der Waals surface area contributed by atoms with Gasteiger partial charge in [0.05, 0.1) is 27.4 Å². The van der Waals surface area contributed by atoms with Gasteiger partial charge in [-0.25, -0.2) is 9.78 Å².